The smallest absolute Gasteiger partial charge is 0.302 e. The Morgan fingerprint density at radius 2 is 1.44 bits per heavy atom. The highest BCUT2D eigenvalue weighted by Crippen LogP contribution is 2.23. The number of esters is 1. The molecule has 0 aromatic heterocycles. The molecule has 7 heteroatoms. The van der Waals surface area contributed by atoms with Crippen LogP contribution >= 0.6 is 0 Å². The number of hydrogen-bond acceptors (Lipinski definition) is 2. The lowest BCUT2D eigenvalue weighted by Crippen LogP contribution is -2.04. The van der Waals surface area contributed by atoms with Crippen molar-refractivity contribution >= 4 is 12.0 Å². The highest BCUT2D eigenvalue weighted by molar-refractivity contribution is 5.66. The lowest BCUT2D eigenvalue weighted by molar-refractivity contribution is -0.139. The van der Waals surface area contributed by atoms with Gasteiger partial charge in [0.15, 0.2) is 23.3 Å². The Morgan fingerprint density at radius 3 is 1.89 bits per heavy atom. The average Bonchev–Trinajstić information content (AvgIpc) is 2.32. The largest absolute Gasteiger partial charge is 0.462 e. The molecule has 2 nitrogen and oxygen atoms in total. The van der Waals surface area contributed by atoms with E-state index < -0.39 is 40.6 Å². The van der Waals surface area contributed by atoms with Crippen LogP contribution in [-0.4, -0.2) is 12.6 Å². The molecule has 18 heavy (non-hydrogen) atoms. The minimum atomic E-state index is -2.22. The van der Waals surface area contributed by atoms with Gasteiger partial charge in [-0.15, -0.1) is 0 Å². The van der Waals surface area contributed by atoms with Crippen molar-refractivity contribution in [3.63, 3.8) is 0 Å². The normalized spacial score (nSPS) is 11.0. The summed E-state index contributed by atoms with van der Waals surface area (Å²) in [7, 11) is 0. The number of halogens is 5. The molecule has 0 aliphatic rings. The Kier molecular flexibility index (Phi) is 4.41. The predicted octanol–water partition coefficient (Wildman–Crippen LogP) is 2.96. The summed E-state index contributed by atoms with van der Waals surface area (Å²) in [5, 5.41) is 0. The molecule has 0 amide bonds. The van der Waals surface area contributed by atoms with Crippen molar-refractivity contribution in [1.82, 2.24) is 0 Å². The van der Waals surface area contributed by atoms with Crippen LogP contribution < -0.4 is 0 Å². The quantitative estimate of drug-likeness (QED) is 0.364. The summed E-state index contributed by atoms with van der Waals surface area (Å²) < 4.78 is 68.8. The maximum atomic E-state index is 13.1. The van der Waals surface area contributed by atoms with Gasteiger partial charge in [-0.1, -0.05) is 0 Å². The second-order valence-electron chi connectivity index (χ2n) is 3.19. The van der Waals surface area contributed by atoms with Gasteiger partial charge in [-0.2, -0.15) is 0 Å². The van der Waals surface area contributed by atoms with E-state index in [0.717, 1.165) is 13.0 Å². The third kappa shape index (κ3) is 2.85. The van der Waals surface area contributed by atoms with Crippen molar-refractivity contribution in [3.8, 4) is 0 Å². The van der Waals surface area contributed by atoms with E-state index >= 15 is 0 Å². The molecule has 0 heterocycles. The van der Waals surface area contributed by atoms with Gasteiger partial charge in [0.2, 0.25) is 5.82 Å². The zero-order valence-electron chi connectivity index (χ0n) is 9.07. The first-order chi connectivity index (χ1) is 8.36. The van der Waals surface area contributed by atoms with Crippen LogP contribution in [0.25, 0.3) is 6.08 Å². The Hall–Kier alpha value is -1.92. The molecule has 0 atom stereocenters. The van der Waals surface area contributed by atoms with E-state index in [4.69, 9.17) is 0 Å². The highest BCUT2D eigenvalue weighted by atomic mass is 19.2. The maximum absolute atomic E-state index is 13.1. The van der Waals surface area contributed by atoms with Crippen molar-refractivity contribution in [2.24, 2.45) is 0 Å². The topological polar surface area (TPSA) is 26.3 Å². The van der Waals surface area contributed by atoms with Gasteiger partial charge in [-0.3, -0.25) is 4.79 Å². The molecule has 0 unspecified atom stereocenters. The fourth-order valence-corrected chi connectivity index (χ4v) is 1.10. The summed E-state index contributed by atoms with van der Waals surface area (Å²) in [6, 6.07) is 0. The molecule has 0 N–H and O–H groups in total. The van der Waals surface area contributed by atoms with Crippen LogP contribution in [0.15, 0.2) is 6.08 Å². The SMILES string of the molecule is CC(=O)OC/C=C\c1c(F)c(F)c(F)c(F)c1F. The van der Waals surface area contributed by atoms with Crippen LogP contribution in [0.3, 0.4) is 0 Å². The summed E-state index contributed by atoms with van der Waals surface area (Å²) >= 11 is 0. The third-order valence-electron chi connectivity index (χ3n) is 1.91. The first-order valence-corrected chi connectivity index (χ1v) is 4.67. The van der Waals surface area contributed by atoms with Gasteiger partial charge in [-0.25, -0.2) is 22.0 Å². The number of hydrogen-bond donors (Lipinski definition) is 0. The van der Waals surface area contributed by atoms with Crippen LogP contribution in [0, 0.1) is 29.1 Å². The van der Waals surface area contributed by atoms with Gasteiger partial charge in [0, 0.05) is 6.92 Å². The van der Waals surface area contributed by atoms with E-state index in [9.17, 15) is 26.7 Å². The van der Waals surface area contributed by atoms with Crippen LogP contribution in [0.4, 0.5) is 22.0 Å². The van der Waals surface area contributed by atoms with E-state index in [1.807, 2.05) is 0 Å². The van der Waals surface area contributed by atoms with Crippen LogP contribution in [0.5, 0.6) is 0 Å². The highest BCUT2D eigenvalue weighted by Gasteiger charge is 2.23. The molecule has 0 aliphatic carbocycles. The number of benzene rings is 1. The molecule has 0 spiro atoms. The zero-order chi connectivity index (χ0) is 13.9. The first kappa shape index (κ1) is 14.1. The van der Waals surface area contributed by atoms with Gasteiger partial charge >= 0.3 is 5.97 Å². The van der Waals surface area contributed by atoms with E-state index in [-0.39, 0.29) is 6.61 Å². The molecular formula is C11H7F5O2. The minimum Gasteiger partial charge on any atom is -0.462 e. The molecule has 0 saturated carbocycles. The molecule has 0 aliphatic heterocycles. The van der Waals surface area contributed by atoms with E-state index in [2.05, 4.69) is 4.74 Å². The van der Waals surface area contributed by atoms with Crippen LogP contribution in [0.1, 0.15) is 12.5 Å². The summed E-state index contributed by atoms with van der Waals surface area (Å²) in [5.41, 5.74) is -1.08. The fourth-order valence-electron chi connectivity index (χ4n) is 1.10. The third-order valence-corrected chi connectivity index (χ3v) is 1.91. The van der Waals surface area contributed by atoms with Crippen molar-refractivity contribution in [2.45, 2.75) is 6.92 Å². The molecule has 0 bridgehead atoms. The molecule has 1 aromatic carbocycles. The number of ether oxygens (including phenoxy) is 1. The first-order valence-electron chi connectivity index (χ1n) is 4.67. The Morgan fingerprint density at radius 1 is 1.00 bits per heavy atom. The lowest BCUT2D eigenvalue weighted by Gasteiger charge is -2.04. The van der Waals surface area contributed by atoms with Crippen LogP contribution in [0.2, 0.25) is 0 Å². The van der Waals surface area contributed by atoms with Crippen molar-refractivity contribution in [3.05, 3.63) is 40.7 Å². The van der Waals surface area contributed by atoms with Gasteiger partial charge in [-0.05, 0) is 12.2 Å². The zero-order valence-corrected chi connectivity index (χ0v) is 9.07. The summed E-state index contributed by atoms with van der Waals surface area (Å²) in [6.45, 7) is 0.765. The summed E-state index contributed by atoms with van der Waals surface area (Å²) in [5.74, 6) is -10.8. The molecule has 0 saturated heterocycles. The summed E-state index contributed by atoms with van der Waals surface area (Å²) in [6.07, 6.45) is 1.61. The molecule has 0 fully saturated rings. The van der Waals surface area contributed by atoms with Gasteiger partial charge < -0.3 is 4.74 Å². The van der Waals surface area contributed by atoms with E-state index in [1.165, 1.54) is 0 Å². The van der Waals surface area contributed by atoms with Crippen molar-refractivity contribution in [2.75, 3.05) is 6.61 Å². The molecular weight excluding hydrogens is 259 g/mol. The monoisotopic (exact) mass is 266 g/mol. The second-order valence-corrected chi connectivity index (χ2v) is 3.19. The Labute approximate surface area is 98.7 Å². The minimum absolute atomic E-state index is 0.338. The standard InChI is InChI=1S/C11H7F5O2/c1-5(17)18-4-2-3-6-7(12)9(14)11(16)10(15)8(6)13/h2-3H,4H2,1H3/b3-2-. The van der Waals surface area contributed by atoms with E-state index in [1.54, 1.807) is 0 Å². The number of carbonyl (C=O) groups is 1. The lowest BCUT2D eigenvalue weighted by atomic mass is 10.1. The molecule has 0 radical (unpaired) electrons. The molecule has 1 aromatic rings. The number of rotatable bonds is 3. The van der Waals surface area contributed by atoms with Crippen molar-refractivity contribution < 1.29 is 31.5 Å². The van der Waals surface area contributed by atoms with E-state index in [0.29, 0.717) is 6.08 Å². The second kappa shape index (κ2) is 5.61. The maximum Gasteiger partial charge on any atom is 0.302 e. The average molecular weight is 266 g/mol. The Bertz CT molecular complexity index is 482. The Balaban J connectivity index is 3.06. The van der Waals surface area contributed by atoms with Crippen molar-refractivity contribution in [1.29, 1.82) is 0 Å². The van der Waals surface area contributed by atoms with Crippen LogP contribution in [-0.2, 0) is 9.53 Å². The number of carbonyl (C=O) groups excluding carboxylic acids is 1. The summed E-state index contributed by atoms with van der Waals surface area (Å²) in [4.78, 5) is 10.4. The fraction of sp³-hybridized carbons (Fsp3) is 0.182. The van der Waals surface area contributed by atoms with Gasteiger partial charge in [0.05, 0.1) is 5.56 Å². The van der Waals surface area contributed by atoms with Gasteiger partial charge in [0.1, 0.15) is 6.61 Å². The predicted molar refractivity (Wildman–Crippen MR) is 51.9 cm³/mol. The molecule has 1 rings (SSSR count). The molecule has 98 valence electrons. The van der Waals surface area contributed by atoms with Gasteiger partial charge in [0.25, 0.3) is 0 Å².